The van der Waals surface area contributed by atoms with Gasteiger partial charge in [0.1, 0.15) is 11.5 Å². The van der Waals surface area contributed by atoms with Crippen LogP contribution in [0.25, 0.3) is 56.0 Å². The molecule has 0 radical (unpaired) electrons. The van der Waals surface area contributed by atoms with Gasteiger partial charge in [-0.1, -0.05) is 26.8 Å². The van der Waals surface area contributed by atoms with E-state index in [-0.39, 0.29) is 17.1 Å². The fourth-order valence-corrected chi connectivity index (χ4v) is 4.75. The van der Waals surface area contributed by atoms with Gasteiger partial charge in [0.05, 0.1) is 34.8 Å². The SMILES string of the molecule is Cc1cc(F)cc(-c2ccnc3nc(-c4n[nH]c5cnc(-c6cncc(NC(=O)CC(C)(C)C)c6)cc45)[nH]c23)c1. The summed E-state index contributed by atoms with van der Waals surface area (Å²) < 4.78 is 14.2. The molecule has 5 aromatic heterocycles. The second-order valence-electron chi connectivity index (χ2n) is 11.1. The molecule has 0 saturated carbocycles. The van der Waals surface area contributed by atoms with Gasteiger partial charge in [0, 0.05) is 35.3 Å². The topological polar surface area (TPSA) is 125 Å². The fraction of sp³-hybridized carbons (Fsp3) is 0.200. The van der Waals surface area contributed by atoms with Gasteiger partial charge in [-0.2, -0.15) is 5.10 Å². The number of anilines is 1. The number of aromatic amines is 2. The van der Waals surface area contributed by atoms with E-state index >= 15 is 0 Å². The van der Waals surface area contributed by atoms with E-state index < -0.39 is 0 Å². The molecule has 6 aromatic rings. The lowest BCUT2D eigenvalue weighted by atomic mass is 9.92. The molecule has 0 spiro atoms. The summed E-state index contributed by atoms with van der Waals surface area (Å²) in [6.07, 6.45) is 7.07. The summed E-state index contributed by atoms with van der Waals surface area (Å²) in [6, 6.07) is 10.5. The number of carbonyl (C=O) groups is 1. The highest BCUT2D eigenvalue weighted by molar-refractivity contribution is 5.97. The van der Waals surface area contributed by atoms with Gasteiger partial charge in [-0.15, -0.1) is 0 Å². The van der Waals surface area contributed by atoms with Crippen molar-refractivity contribution in [1.29, 1.82) is 0 Å². The van der Waals surface area contributed by atoms with Crippen LogP contribution < -0.4 is 5.32 Å². The molecule has 6 rings (SSSR count). The average Bonchev–Trinajstić information content (AvgIpc) is 3.50. The van der Waals surface area contributed by atoms with Gasteiger partial charge >= 0.3 is 0 Å². The van der Waals surface area contributed by atoms with E-state index in [0.29, 0.717) is 40.5 Å². The lowest BCUT2D eigenvalue weighted by Crippen LogP contribution is -2.19. The molecule has 0 atom stereocenters. The van der Waals surface area contributed by atoms with Crippen LogP contribution in [0, 0.1) is 18.2 Å². The zero-order valence-corrected chi connectivity index (χ0v) is 22.5. The highest BCUT2D eigenvalue weighted by Gasteiger charge is 2.18. The number of fused-ring (bicyclic) bond motifs is 2. The molecule has 0 unspecified atom stereocenters. The highest BCUT2D eigenvalue weighted by Crippen LogP contribution is 2.32. The first-order valence-corrected chi connectivity index (χ1v) is 12.8. The number of nitrogens with one attached hydrogen (secondary N) is 3. The Morgan fingerprint density at radius 3 is 2.67 bits per heavy atom. The first kappa shape index (κ1) is 25.3. The summed E-state index contributed by atoms with van der Waals surface area (Å²) in [6.45, 7) is 7.91. The Balaban J connectivity index is 1.37. The number of H-pyrrole nitrogens is 2. The smallest absolute Gasteiger partial charge is 0.224 e. The minimum absolute atomic E-state index is 0.0711. The molecule has 0 saturated heterocycles. The second kappa shape index (κ2) is 9.64. The summed E-state index contributed by atoms with van der Waals surface area (Å²) in [5.41, 5.74) is 6.77. The normalized spacial score (nSPS) is 11.8. The minimum atomic E-state index is -0.301. The average molecular weight is 535 g/mol. The van der Waals surface area contributed by atoms with Gasteiger partial charge in [-0.05, 0) is 53.8 Å². The third-order valence-electron chi connectivity index (χ3n) is 6.43. The Labute approximate surface area is 229 Å². The van der Waals surface area contributed by atoms with Crippen LogP contribution in [0.3, 0.4) is 0 Å². The number of aryl methyl sites for hydroxylation is 1. The Hall–Kier alpha value is -4.99. The van der Waals surface area contributed by atoms with Crippen LogP contribution >= 0.6 is 0 Å². The van der Waals surface area contributed by atoms with Crippen molar-refractivity contribution in [3.05, 3.63) is 72.6 Å². The largest absolute Gasteiger partial charge is 0.335 e. The number of imidazole rings is 1. The van der Waals surface area contributed by atoms with Gasteiger partial charge in [0.2, 0.25) is 5.91 Å². The van der Waals surface area contributed by atoms with E-state index in [0.717, 1.165) is 33.2 Å². The van der Waals surface area contributed by atoms with E-state index in [1.165, 1.54) is 12.1 Å². The monoisotopic (exact) mass is 534 g/mol. The molecule has 200 valence electrons. The maximum absolute atomic E-state index is 14.2. The number of aromatic nitrogens is 7. The Kier molecular flexibility index (Phi) is 6.10. The Morgan fingerprint density at radius 1 is 1.02 bits per heavy atom. The van der Waals surface area contributed by atoms with Crippen molar-refractivity contribution in [1.82, 2.24) is 35.1 Å². The van der Waals surface area contributed by atoms with Crippen molar-refractivity contribution in [3.63, 3.8) is 0 Å². The maximum Gasteiger partial charge on any atom is 0.224 e. The number of hydrogen-bond donors (Lipinski definition) is 3. The molecule has 1 aromatic carbocycles. The summed E-state index contributed by atoms with van der Waals surface area (Å²) in [5.74, 6) is 0.149. The van der Waals surface area contributed by atoms with Crippen LogP contribution in [0.5, 0.6) is 0 Å². The van der Waals surface area contributed by atoms with Crippen molar-refractivity contribution in [2.24, 2.45) is 5.41 Å². The van der Waals surface area contributed by atoms with Gasteiger partial charge in [0.25, 0.3) is 0 Å². The van der Waals surface area contributed by atoms with Crippen molar-refractivity contribution in [3.8, 4) is 33.9 Å². The standard InChI is InChI=1S/C30H27FN8O/c1-16-7-17(9-19(31)8-16)21-5-6-33-28-26(21)36-29(37-28)27-22-11-23(34-15-24(22)38-39-27)18-10-20(14-32-13-18)35-25(40)12-30(2,3)4/h5-11,13-15H,12H2,1-4H3,(H,35,40)(H,38,39)(H,33,36,37). The maximum atomic E-state index is 14.2. The molecule has 0 bridgehead atoms. The van der Waals surface area contributed by atoms with Gasteiger partial charge < -0.3 is 10.3 Å². The van der Waals surface area contributed by atoms with Gasteiger partial charge in [-0.3, -0.25) is 19.9 Å². The fourth-order valence-electron chi connectivity index (χ4n) is 4.75. The predicted octanol–water partition coefficient (Wildman–Crippen LogP) is 6.45. The van der Waals surface area contributed by atoms with Crippen molar-refractivity contribution >= 4 is 33.7 Å². The molecule has 40 heavy (non-hydrogen) atoms. The quantitative estimate of drug-likeness (QED) is 0.233. The molecule has 0 aliphatic carbocycles. The lowest BCUT2D eigenvalue weighted by molar-refractivity contribution is -0.117. The van der Waals surface area contributed by atoms with Crippen molar-refractivity contribution < 1.29 is 9.18 Å². The predicted molar refractivity (Wildman–Crippen MR) is 153 cm³/mol. The van der Waals surface area contributed by atoms with Crippen molar-refractivity contribution in [2.45, 2.75) is 34.1 Å². The van der Waals surface area contributed by atoms with Gasteiger partial charge in [0.15, 0.2) is 11.5 Å². The molecule has 0 aliphatic rings. The third kappa shape index (κ3) is 5.03. The molecular formula is C30H27FN8O. The number of hydrogen-bond acceptors (Lipinski definition) is 6. The Morgan fingerprint density at radius 2 is 1.88 bits per heavy atom. The number of carbonyl (C=O) groups excluding carboxylic acids is 1. The third-order valence-corrected chi connectivity index (χ3v) is 6.43. The van der Waals surface area contributed by atoms with Crippen LogP contribution in [-0.2, 0) is 4.79 Å². The van der Waals surface area contributed by atoms with Crippen LogP contribution in [-0.4, -0.2) is 41.0 Å². The number of rotatable bonds is 5. The second-order valence-corrected chi connectivity index (χ2v) is 11.1. The summed E-state index contributed by atoms with van der Waals surface area (Å²) in [5, 5.41) is 11.2. The zero-order chi connectivity index (χ0) is 28.0. The molecule has 3 N–H and O–H groups in total. The molecule has 5 heterocycles. The Bertz CT molecular complexity index is 1880. The van der Waals surface area contributed by atoms with Crippen LogP contribution in [0.1, 0.15) is 32.8 Å². The molecule has 10 heteroatoms. The number of pyridine rings is 3. The number of amides is 1. The number of nitrogens with zero attached hydrogens (tertiary/aromatic N) is 5. The zero-order valence-electron chi connectivity index (χ0n) is 22.5. The van der Waals surface area contributed by atoms with E-state index in [1.54, 1.807) is 24.8 Å². The van der Waals surface area contributed by atoms with Crippen LogP contribution in [0.2, 0.25) is 0 Å². The van der Waals surface area contributed by atoms with E-state index in [2.05, 4.69) is 35.5 Å². The number of halogens is 1. The number of benzene rings is 1. The van der Waals surface area contributed by atoms with E-state index in [4.69, 9.17) is 4.98 Å². The van der Waals surface area contributed by atoms with Gasteiger partial charge in [-0.25, -0.2) is 14.4 Å². The highest BCUT2D eigenvalue weighted by atomic mass is 19.1. The molecule has 1 amide bonds. The first-order chi connectivity index (χ1) is 19.1. The van der Waals surface area contributed by atoms with Crippen molar-refractivity contribution in [2.75, 3.05) is 5.32 Å². The summed E-state index contributed by atoms with van der Waals surface area (Å²) in [7, 11) is 0. The lowest BCUT2D eigenvalue weighted by Gasteiger charge is -2.17. The molecule has 0 fully saturated rings. The molecule has 9 nitrogen and oxygen atoms in total. The van der Waals surface area contributed by atoms with E-state index in [9.17, 15) is 9.18 Å². The first-order valence-electron chi connectivity index (χ1n) is 12.8. The summed E-state index contributed by atoms with van der Waals surface area (Å²) in [4.78, 5) is 33.8. The van der Waals surface area contributed by atoms with Crippen LogP contribution in [0.4, 0.5) is 10.1 Å². The summed E-state index contributed by atoms with van der Waals surface area (Å²) >= 11 is 0. The minimum Gasteiger partial charge on any atom is -0.335 e. The van der Waals surface area contributed by atoms with E-state index in [1.807, 2.05) is 52.0 Å². The molecule has 0 aliphatic heterocycles. The molecular weight excluding hydrogens is 507 g/mol. The van der Waals surface area contributed by atoms with Crippen LogP contribution in [0.15, 0.2) is 61.2 Å².